The maximum Gasteiger partial charge on any atom is 0.410 e. The molecular formula is C30H37N7O3. The van der Waals surface area contributed by atoms with Gasteiger partial charge in [0.1, 0.15) is 11.0 Å². The third-order valence-corrected chi connectivity index (χ3v) is 6.86. The first kappa shape index (κ1) is 27.4. The van der Waals surface area contributed by atoms with Crippen LogP contribution in [-0.2, 0) is 29.7 Å². The zero-order valence-electron chi connectivity index (χ0n) is 24.3. The molecule has 210 valence electrons. The number of nitrogens with zero attached hydrogens (tertiary/aromatic N) is 6. The number of ether oxygens (including phenoxy) is 1. The van der Waals surface area contributed by atoms with E-state index in [1.165, 1.54) is 0 Å². The predicted octanol–water partition coefficient (Wildman–Crippen LogP) is 5.33. The number of carbonyl (C=O) groups excluding carboxylic acids is 1. The highest BCUT2D eigenvalue weighted by molar-refractivity contribution is 5.77. The minimum atomic E-state index is -0.526. The molecule has 0 spiro atoms. The van der Waals surface area contributed by atoms with E-state index in [9.17, 15) is 9.59 Å². The molecule has 0 saturated heterocycles. The standard InChI is InChI=1S/C30H37N7O3/c1-8-36-26(38)23-17-32-27(34-25(23)37(36)22-11-13-31-24(16-22)29(2,3)4)33-21-10-9-20-18-35(14-12-19(20)15-21)28(39)40-30(5,6)7/h9-11,13,15-17H,8,12,14,18H2,1-7H3,(H,32,33,34). The smallest absolute Gasteiger partial charge is 0.410 e. The summed E-state index contributed by atoms with van der Waals surface area (Å²) in [4.78, 5) is 41.2. The van der Waals surface area contributed by atoms with Crippen molar-refractivity contribution in [2.75, 3.05) is 11.9 Å². The number of benzene rings is 1. The van der Waals surface area contributed by atoms with Gasteiger partial charge in [-0.15, -0.1) is 0 Å². The molecule has 0 aliphatic carbocycles. The minimum absolute atomic E-state index is 0.138. The lowest BCUT2D eigenvalue weighted by Crippen LogP contribution is -2.39. The summed E-state index contributed by atoms with van der Waals surface area (Å²) in [6, 6.07) is 9.93. The topological polar surface area (TPSA) is 107 Å². The van der Waals surface area contributed by atoms with E-state index >= 15 is 0 Å². The van der Waals surface area contributed by atoms with Gasteiger partial charge in [-0.1, -0.05) is 26.8 Å². The van der Waals surface area contributed by atoms with E-state index in [1.807, 2.05) is 56.6 Å². The molecule has 0 unspecified atom stereocenters. The molecule has 0 radical (unpaired) electrons. The molecule has 1 aliphatic rings. The summed E-state index contributed by atoms with van der Waals surface area (Å²) < 4.78 is 9.06. The lowest BCUT2D eigenvalue weighted by Gasteiger charge is -2.31. The first-order valence-electron chi connectivity index (χ1n) is 13.7. The number of rotatable bonds is 4. The van der Waals surface area contributed by atoms with Crippen LogP contribution in [0.15, 0.2) is 47.5 Å². The highest BCUT2D eigenvalue weighted by Crippen LogP contribution is 2.27. The predicted molar refractivity (Wildman–Crippen MR) is 155 cm³/mol. The van der Waals surface area contributed by atoms with Gasteiger partial charge < -0.3 is 15.0 Å². The number of pyridine rings is 1. The lowest BCUT2D eigenvalue weighted by atomic mass is 9.91. The lowest BCUT2D eigenvalue weighted by molar-refractivity contribution is 0.0224. The Morgan fingerprint density at radius 2 is 1.82 bits per heavy atom. The summed E-state index contributed by atoms with van der Waals surface area (Å²) in [5.74, 6) is 0.394. The molecule has 4 aromatic rings. The van der Waals surface area contributed by atoms with E-state index in [1.54, 1.807) is 22.0 Å². The van der Waals surface area contributed by atoms with Crippen molar-refractivity contribution in [1.82, 2.24) is 29.2 Å². The van der Waals surface area contributed by atoms with Crippen LogP contribution in [0.25, 0.3) is 16.7 Å². The molecular weight excluding hydrogens is 506 g/mol. The van der Waals surface area contributed by atoms with Gasteiger partial charge in [0, 0.05) is 48.8 Å². The van der Waals surface area contributed by atoms with Crippen LogP contribution in [0.5, 0.6) is 0 Å². The maximum absolute atomic E-state index is 13.2. The third kappa shape index (κ3) is 5.43. The number of nitrogens with one attached hydrogen (secondary N) is 1. The molecule has 1 N–H and O–H groups in total. The van der Waals surface area contributed by atoms with Crippen LogP contribution in [0.3, 0.4) is 0 Å². The molecule has 1 aliphatic heterocycles. The van der Waals surface area contributed by atoms with Crippen molar-refractivity contribution in [2.24, 2.45) is 0 Å². The first-order valence-corrected chi connectivity index (χ1v) is 13.7. The molecule has 10 nitrogen and oxygen atoms in total. The summed E-state index contributed by atoms with van der Waals surface area (Å²) in [5, 5.41) is 3.76. The number of anilines is 2. The Labute approximate surface area is 234 Å². The van der Waals surface area contributed by atoms with Gasteiger partial charge in [0.2, 0.25) is 5.95 Å². The Bertz CT molecular complexity index is 1640. The fourth-order valence-corrected chi connectivity index (χ4v) is 4.84. The molecule has 5 rings (SSSR count). The monoisotopic (exact) mass is 543 g/mol. The molecule has 1 amide bonds. The second-order valence-corrected chi connectivity index (χ2v) is 12.2. The second-order valence-electron chi connectivity index (χ2n) is 12.2. The summed E-state index contributed by atoms with van der Waals surface area (Å²) in [6.45, 7) is 15.5. The summed E-state index contributed by atoms with van der Waals surface area (Å²) in [5.41, 5.74) is 4.55. The summed E-state index contributed by atoms with van der Waals surface area (Å²) in [6.07, 6.45) is 3.78. The molecule has 0 fully saturated rings. The first-order chi connectivity index (χ1) is 18.8. The van der Waals surface area contributed by atoms with E-state index in [-0.39, 0.29) is 17.1 Å². The van der Waals surface area contributed by atoms with Gasteiger partial charge in [-0.3, -0.25) is 9.78 Å². The molecule has 0 atom stereocenters. The number of fused-ring (bicyclic) bond motifs is 2. The zero-order valence-corrected chi connectivity index (χ0v) is 24.3. The van der Waals surface area contributed by atoms with Crippen LogP contribution < -0.4 is 10.9 Å². The Morgan fingerprint density at radius 1 is 1.05 bits per heavy atom. The van der Waals surface area contributed by atoms with E-state index in [2.05, 4.69) is 42.1 Å². The zero-order chi connectivity index (χ0) is 28.8. The Morgan fingerprint density at radius 3 is 2.52 bits per heavy atom. The molecule has 4 heterocycles. The van der Waals surface area contributed by atoms with Crippen LogP contribution in [0.4, 0.5) is 16.4 Å². The third-order valence-electron chi connectivity index (χ3n) is 6.86. The minimum Gasteiger partial charge on any atom is -0.444 e. The molecule has 3 aromatic heterocycles. The van der Waals surface area contributed by atoms with Crippen LogP contribution in [-0.4, -0.2) is 47.5 Å². The van der Waals surface area contributed by atoms with E-state index in [0.29, 0.717) is 36.6 Å². The number of aromatic nitrogens is 5. The number of hydrogen-bond acceptors (Lipinski definition) is 7. The average Bonchev–Trinajstić information content (AvgIpc) is 3.17. The van der Waals surface area contributed by atoms with Crippen LogP contribution >= 0.6 is 0 Å². The fraction of sp³-hybridized carbons (Fsp3) is 0.433. The molecule has 10 heteroatoms. The van der Waals surface area contributed by atoms with Gasteiger partial charge >= 0.3 is 6.09 Å². The SMILES string of the molecule is CCn1c(=O)c2cnc(Nc3ccc4c(c3)CCN(C(=O)OC(C)(C)C)C4)nc2n1-c1ccnc(C(C)(C)C)c1. The normalized spacial score (nSPS) is 13.8. The Hall–Kier alpha value is -4.21. The second kappa shape index (κ2) is 10.1. The van der Waals surface area contributed by atoms with Gasteiger partial charge in [0.15, 0.2) is 5.65 Å². The Kier molecular flexibility index (Phi) is 6.89. The van der Waals surface area contributed by atoms with E-state index in [4.69, 9.17) is 9.72 Å². The number of hydrogen-bond donors (Lipinski definition) is 1. The van der Waals surface area contributed by atoms with Crippen molar-refractivity contribution in [3.05, 3.63) is 69.9 Å². The molecule has 0 bridgehead atoms. The summed E-state index contributed by atoms with van der Waals surface area (Å²) >= 11 is 0. The van der Waals surface area contributed by atoms with Crippen molar-refractivity contribution in [2.45, 2.75) is 79.0 Å². The van der Waals surface area contributed by atoms with Gasteiger partial charge in [-0.25, -0.2) is 19.1 Å². The van der Waals surface area contributed by atoms with E-state index in [0.717, 1.165) is 34.6 Å². The highest BCUT2D eigenvalue weighted by Gasteiger charge is 2.26. The molecule has 40 heavy (non-hydrogen) atoms. The number of amides is 1. The van der Waals surface area contributed by atoms with Gasteiger partial charge in [0.05, 0.1) is 5.69 Å². The van der Waals surface area contributed by atoms with Crippen molar-refractivity contribution in [1.29, 1.82) is 0 Å². The highest BCUT2D eigenvalue weighted by atomic mass is 16.6. The maximum atomic E-state index is 13.2. The molecule has 1 aromatic carbocycles. The largest absolute Gasteiger partial charge is 0.444 e. The van der Waals surface area contributed by atoms with Crippen molar-refractivity contribution >= 4 is 28.8 Å². The van der Waals surface area contributed by atoms with Crippen LogP contribution in [0.2, 0.25) is 0 Å². The van der Waals surface area contributed by atoms with Gasteiger partial charge in [-0.05, 0) is 69.5 Å². The summed E-state index contributed by atoms with van der Waals surface area (Å²) in [7, 11) is 0. The van der Waals surface area contributed by atoms with Crippen LogP contribution in [0, 0.1) is 0 Å². The van der Waals surface area contributed by atoms with Crippen molar-refractivity contribution < 1.29 is 9.53 Å². The Balaban J connectivity index is 1.45. The van der Waals surface area contributed by atoms with Gasteiger partial charge in [-0.2, -0.15) is 4.98 Å². The van der Waals surface area contributed by atoms with E-state index < -0.39 is 5.60 Å². The molecule has 0 saturated carbocycles. The fourth-order valence-electron chi connectivity index (χ4n) is 4.84. The number of carbonyl (C=O) groups is 1. The quantitative estimate of drug-likeness (QED) is 0.371. The van der Waals surface area contributed by atoms with Gasteiger partial charge in [0.25, 0.3) is 5.56 Å². The van der Waals surface area contributed by atoms with Crippen molar-refractivity contribution in [3.63, 3.8) is 0 Å². The van der Waals surface area contributed by atoms with Crippen LogP contribution in [0.1, 0.15) is 65.3 Å². The average molecular weight is 544 g/mol. The van der Waals surface area contributed by atoms with Crippen molar-refractivity contribution in [3.8, 4) is 5.69 Å².